The average Bonchev–Trinajstić information content (AvgIpc) is 2.96. The molecule has 1 fully saturated rings. The van der Waals surface area contributed by atoms with Gasteiger partial charge in [-0.3, -0.25) is 9.59 Å². The number of carboxylic acids is 1. The van der Waals surface area contributed by atoms with Crippen LogP contribution in [0.25, 0.3) is 0 Å². The Kier molecular flexibility index (Phi) is 3.70. The number of hydrogen-bond donors (Lipinski definition) is 1. The van der Waals surface area contributed by atoms with E-state index >= 15 is 0 Å². The summed E-state index contributed by atoms with van der Waals surface area (Å²) < 4.78 is 0. The van der Waals surface area contributed by atoms with Crippen LogP contribution in [-0.2, 0) is 16.0 Å². The zero-order chi connectivity index (χ0) is 15.0. The predicted molar refractivity (Wildman–Crippen MR) is 80.3 cm³/mol. The zero-order valence-electron chi connectivity index (χ0n) is 12.3. The Balaban J connectivity index is 1.92. The molecule has 0 radical (unpaired) electrons. The topological polar surface area (TPSA) is 57.6 Å². The van der Waals surface area contributed by atoms with Gasteiger partial charge in [0.2, 0.25) is 5.91 Å². The summed E-state index contributed by atoms with van der Waals surface area (Å²) in [5, 5.41) is 9.31. The summed E-state index contributed by atoms with van der Waals surface area (Å²) in [6, 6.07) is 6.12. The molecule has 0 saturated heterocycles. The van der Waals surface area contributed by atoms with E-state index in [0.29, 0.717) is 19.4 Å². The summed E-state index contributed by atoms with van der Waals surface area (Å²) in [4.78, 5) is 26.1. The first-order valence-electron chi connectivity index (χ1n) is 7.72. The number of benzene rings is 1. The molecule has 3 rings (SSSR count). The van der Waals surface area contributed by atoms with Crippen LogP contribution in [0.5, 0.6) is 0 Å². The molecule has 0 spiro atoms. The van der Waals surface area contributed by atoms with Crippen LogP contribution in [-0.4, -0.2) is 23.5 Å². The van der Waals surface area contributed by atoms with Crippen molar-refractivity contribution in [3.63, 3.8) is 0 Å². The quantitative estimate of drug-likeness (QED) is 0.910. The lowest BCUT2D eigenvalue weighted by atomic mass is 9.92. The van der Waals surface area contributed by atoms with E-state index in [9.17, 15) is 14.7 Å². The number of fused-ring (bicyclic) bond motifs is 1. The Morgan fingerprint density at radius 3 is 2.71 bits per heavy atom. The van der Waals surface area contributed by atoms with Crippen molar-refractivity contribution >= 4 is 17.6 Å². The summed E-state index contributed by atoms with van der Waals surface area (Å²) >= 11 is 0. The number of carbonyl (C=O) groups is 2. The van der Waals surface area contributed by atoms with E-state index in [0.717, 1.165) is 30.5 Å². The SMILES string of the molecule is Cc1cccc2c1N(C(=O)[C@@H]1CCC[C@@H]1C(=O)O)CCC2. The molecule has 2 aliphatic rings. The van der Waals surface area contributed by atoms with Gasteiger partial charge >= 0.3 is 5.97 Å². The first-order chi connectivity index (χ1) is 10.1. The number of anilines is 1. The van der Waals surface area contributed by atoms with Gasteiger partial charge in [-0.05, 0) is 43.7 Å². The number of para-hydroxylation sites is 1. The third-order valence-electron chi connectivity index (χ3n) is 4.84. The van der Waals surface area contributed by atoms with Crippen LogP contribution in [0.15, 0.2) is 18.2 Å². The highest BCUT2D eigenvalue weighted by atomic mass is 16.4. The van der Waals surface area contributed by atoms with Gasteiger partial charge in [0, 0.05) is 12.2 Å². The minimum atomic E-state index is -0.826. The van der Waals surface area contributed by atoms with Crippen molar-refractivity contribution in [2.24, 2.45) is 11.8 Å². The zero-order valence-corrected chi connectivity index (χ0v) is 12.3. The maximum atomic E-state index is 12.9. The standard InChI is InChI=1S/C17H21NO3/c1-11-5-2-6-12-7-4-10-18(15(11)12)16(19)13-8-3-9-14(13)17(20)21/h2,5-6,13-14H,3-4,7-10H2,1H3,(H,20,21)/t13-,14+/m1/s1. The Bertz CT molecular complexity index is 581. The molecule has 1 aliphatic heterocycles. The molecule has 1 aromatic carbocycles. The highest BCUT2D eigenvalue weighted by molar-refractivity contribution is 5.99. The van der Waals surface area contributed by atoms with E-state index in [1.165, 1.54) is 5.56 Å². The van der Waals surface area contributed by atoms with Crippen molar-refractivity contribution in [2.75, 3.05) is 11.4 Å². The number of aryl methyl sites for hydroxylation is 2. The Hall–Kier alpha value is -1.84. The Morgan fingerprint density at radius 1 is 1.19 bits per heavy atom. The molecule has 112 valence electrons. The highest BCUT2D eigenvalue weighted by Crippen LogP contribution is 2.37. The number of amides is 1. The molecule has 1 aliphatic carbocycles. The maximum Gasteiger partial charge on any atom is 0.307 e. The number of aliphatic carboxylic acids is 1. The first kappa shape index (κ1) is 14.1. The highest BCUT2D eigenvalue weighted by Gasteiger charge is 2.41. The van der Waals surface area contributed by atoms with E-state index in [4.69, 9.17) is 0 Å². The smallest absolute Gasteiger partial charge is 0.307 e. The molecule has 1 aromatic rings. The van der Waals surface area contributed by atoms with Crippen LogP contribution in [0.3, 0.4) is 0 Å². The normalized spacial score (nSPS) is 24.7. The van der Waals surface area contributed by atoms with Gasteiger partial charge in [0.05, 0.1) is 11.8 Å². The molecule has 1 saturated carbocycles. The van der Waals surface area contributed by atoms with E-state index in [2.05, 4.69) is 6.07 Å². The minimum absolute atomic E-state index is 0.00940. The van der Waals surface area contributed by atoms with Crippen LogP contribution in [0.2, 0.25) is 0 Å². The van der Waals surface area contributed by atoms with Crippen LogP contribution in [0, 0.1) is 18.8 Å². The molecular weight excluding hydrogens is 266 g/mol. The summed E-state index contributed by atoms with van der Waals surface area (Å²) in [7, 11) is 0. The first-order valence-corrected chi connectivity index (χ1v) is 7.72. The monoisotopic (exact) mass is 287 g/mol. The van der Waals surface area contributed by atoms with Gasteiger partial charge in [0.25, 0.3) is 0 Å². The fraction of sp³-hybridized carbons (Fsp3) is 0.529. The number of rotatable bonds is 2. The number of hydrogen-bond acceptors (Lipinski definition) is 2. The second-order valence-electron chi connectivity index (χ2n) is 6.16. The van der Waals surface area contributed by atoms with E-state index in [1.807, 2.05) is 24.0 Å². The van der Waals surface area contributed by atoms with Gasteiger partial charge in [-0.15, -0.1) is 0 Å². The largest absolute Gasteiger partial charge is 0.481 e. The van der Waals surface area contributed by atoms with Gasteiger partial charge < -0.3 is 10.0 Å². The Labute approximate surface area is 124 Å². The van der Waals surface area contributed by atoms with Crippen molar-refractivity contribution in [1.29, 1.82) is 0 Å². The average molecular weight is 287 g/mol. The second-order valence-corrected chi connectivity index (χ2v) is 6.16. The molecule has 1 N–H and O–H groups in total. The van der Waals surface area contributed by atoms with Gasteiger partial charge in [-0.2, -0.15) is 0 Å². The molecule has 1 heterocycles. The Morgan fingerprint density at radius 2 is 1.95 bits per heavy atom. The van der Waals surface area contributed by atoms with E-state index in [-0.39, 0.29) is 11.8 Å². The van der Waals surface area contributed by atoms with Gasteiger partial charge in [-0.25, -0.2) is 0 Å². The summed E-state index contributed by atoms with van der Waals surface area (Å²) in [5.41, 5.74) is 3.33. The third-order valence-corrected chi connectivity index (χ3v) is 4.84. The van der Waals surface area contributed by atoms with Crippen molar-refractivity contribution in [3.8, 4) is 0 Å². The molecule has 1 amide bonds. The van der Waals surface area contributed by atoms with E-state index in [1.54, 1.807) is 0 Å². The minimum Gasteiger partial charge on any atom is -0.481 e. The number of nitrogens with zero attached hydrogens (tertiary/aromatic N) is 1. The maximum absolute atomic E-state index is 12.9. The molecule has 0 aromatic heterocycles. The number of carboxylic acid groups (broad SMARTS) is 1. The summed E-state index contributed by atoms with van der Waals surface area (Å²) in [6.45, 7) is 2.73. The fourth-order valence-corrected chi connectivity index (χ4v) is 3.82. The van der Waals surface area contributed by atoms with Gasteiger partial charge in [0.1, 0.15) is 0 Å². The fourth-order valence-electron chi connectivity index (χ4n) is 3.82. The molecule has 0 bridgehead atoms. The van der Waals surface area contributed by atoms with Crippen LogP contribution < -0.4 is 4.90 Å². The second kappa shape index (κ2) is 5.51. The lowest BCUT2D eigenvalue weighted by molar-refractivity contribution is -0.145. The van der Waals surface area contributed by atoms with Crippen LogP contribution in [0.4, 0.5) is 5.69 Å². The third kappa shape index (κ3) is 2.43. The molecule has 0 unspecified atom stereocenters. The van der Waals surface area contributed by atoms with Crippen molar-refractivity contribution in [3.05, 3.63) is 29.3 Å². The molecule has 2 atom stereocenters. The van der Waals surface area contributed by atoms with Crippen molar-refractivity contribution in [1.82, 2.24) is 0 Å². The van der Waals surface area contributed by atoms with E-state index < -0.39 is 11.9 Å². The lowest BCUT2D eigenvalue weighted by Crippen LogP contribution is -2.42. The lowest BCUT2D eigenvalue weighted by Gasteiger charge is -2.33. The van der Waals surface area contributed by atoms with Crippen molar-refractivity contribution < 1.29 is 14.7 Å². The summed E-state index contributed by atoms with van der Waals surface area (Å²) in [6.07, 6.45) is 4.11. The van der Waals surface area contributed by atoms with Crippen LogP contribution >= 0.6 is 0 Å². The van der Waals surface area contributed by atoms with Gasteiger partial charge in [-0.1, -0.05) is 24.6 Å². The molecule has 4 heteroatoms. The predicted octanol–water partition coefficient (Wildman–Crippen LogP) is 2.78. The van der Waals surface area contributed by atoms with Crippen molar-refractivity contribution in [2.45, 2.75) is 39.0 Å². The molecular formula is C17H21NO3. The summed E-state index contributed by atoms with van der Waals surface area (Å²) in [5.74, 6) is -1.68. The van der Waals surface area contributed by atoms with Gasteiger partial charge in [0.15, 0.2) is 0 Å². The van der Waals surface area contributed by atoms with Crippen LogP contribution in [0.1, 0.15) is 36.8 Å². The molecule has 21 heavy (non-hydrogen) atoms. The number of carbonyl (C=O) groups excluding carboxylic acids is 1. The molecule has 4 nitrogen and oxygen atoms in total.